The Hall–Kier alpha value is -1.50. The molecule has 0 radical (unpaired) electrons. The molecule has 0 aromatic heterocycles. The molecule has 0 atom stereocenters. The molecule has 5 nitrogen and oxygen atoms in total. The molecular weight excluding hydrogens is 420 g/mol. The highest BCUT2D eigenvalue weighted by Crippen LogP contribution is 2.29. The van der Waals surface area contributed by atoms with Crippen molar-refractivity contribution in [3.05, 3.63) is 56.5 Å². The number of nitrogens with one attached hydrogen (secondary N) is 2. The van der Waals surface area contributed by atoms with Gasteiger partial charge in [0, 0.05) is 5.02 Å². The molecule has 0 saturated heterocycles. The van der Waals surface area contributed by atoms with Crippen LogP contribution in [0.25, 0.3) is 0 Å². The van der Waals surface area contributed by atoms with E-state index in [0.29, 0.717) is 31.5 Å². The van der Waals surface area contributed by atoms with Gasteiger partial charge in [0.2, 0.25) is 11.8 Å². The first-order valence-electron chi connectivity index (χ1n) is 7.43. The van der Waals surface area contributed by atoms with Crippen molar-refractivity contribution in [2.24, 2.45) is 0 Å². The Kier molecular flexibility index (Phi) is 7.55. The van der Waals surface area contributed by atoms with Crippen LogP contribution in [0.5, 0.6) is 0 Å². The maximum atomic E-state index is 12.1. The van der Waals surface area contributed by atoms with Gasteiger partial charge in [-0.3, -0.25) is 14.5 Å². The van der Waals surface area contributed by atoms with E-state index in [1.165, 1.54) is 4.90 Å². The first-order chi connectivity index (χ1) is 12.3. The van der Waals surface area contributed by atoms with Crippen molar-refractivity contribution in [3.63, 3.8) is 0 Å². The van der Waals surface area contributed by atoms with Crippen molar-refractivity contribution in [1.82, 2.24) is 4.90 Å². The topological polar surface area (TPSA) is 61.4 Å². The minimum Gasteiger partial charge on any atom is -0.324 e. The largest absolute Gasteiger partial charge is 0.324 e. The van der Waals surface area contributed by atoms with E-state index in [1.54, 1.807) is 43.4 Å². The third-order valence-electron chi connectivity index (χ3n) is 3.26. The summed E-state index contributed by atoms with van der Waals surface area (Å²) in [7, 11) is 1.63. The van der Waals surface area contributed by atoms with Crippen LogP contribution in [-0.2, 0) is 9.59 Å². The molecule has 0 fully saturated rings. The molecular formula is C17H15Cl4N3O2. The van der Waals surface area contributed by atoms with Gasteiger partial charge in [0.25, 0.3) is 0 Å². The summed E-state index contributed by atoms with van der Waals surface area (Å²) in [6, 6.07) is 9.68. The average molecular weight is 435 g/mol. The third kappa shape index (κ3) is 6.04. The normalized spacial score (nSPS) is 10.7. The van der Waals surface area contributed by atoms with E-state index >= 15 is 0 Å². The van der Waals surface area contributed by atoms with E-state index in [9.17, 15) is 9.59 Å². The standard InChI is InChI=1S/C17H15Cl4N3O2/c1-24(8-15(25)22-14-7-10(18)5-6-11(14)19)9-16(26)23-17-12(20)3-2-4-13(17)21/h2-7H,8-9H2,1H3,(H,22,25)(H,23,26). The Labute approximate surface area is 171 Å². The maximum absolute atomic E-state index is 12.1. The molecule has 2 N–H and O–H groups in total. The lowest BCUT2D eigenvalue weighted by atomic mass is 10.3. The van der Waals surface area contributed by atoms with E-state index in [1.807, 2.05) is 0 Å². The summed E-state index contributed by atoms with van der Waals surface area (Å²) in [5.74, 6) is -0.684. The molecule has 0 aliphatic carbocycles. The maximum Gasteiger partial charge on any atom is 0.238 e. The van der Waals surface area contributed by atoms with Crippen molar-refractivity contribution in [3.8, 4) is 0 Å². The second kappa shape index (κ2) is 9.44. The number of nitrogens with zero attached hydrogens (tertiary/aromatic N) is 1. The van der Waals surface area contributed by atoms with E-state index < -0.39 is 0 Å². The summed E-state index contributed by atoms with van der Waals surface area (Å²) in [6.45, 7) is -0.0508. The van der Waals surface area contributed by atoms with Crippen LogP contribution in [0.2, 0.25) is 20.1 Å². The smallest absolute Gasteiger partial charge is 0.238 e. The number of para-hydroxylation sites is 1. The molecule has 0 heterocycles. The number of carbonyl (C=O) groups is 2. The zero-order chi connectivity index (χ0) is 19.3. The first kappa shape index (κ1) is 20.8. The van der Waals surface area contributed by atoms with Gasteiger partial charge in [-0.05, 0) is 37.4 Å². The Morgan fingerprint density at radius 2 is 1.46 bits per heavy atom. The van der Waals surface area contributed by atoms with Crippen LogP contribution in [0.15, 0.2) is 36.4 Å². The fourth-order valence-electron chi connectivity index (χ4n) is 2.13. The zero-order valence-electron chi connectivity index (χ0n) is 13.7. The van der Waals surface area contributed by atoms with Gasteiger partial charge in [0.05, 0.1) is 39.5 Å². The SMILES string of the molecule is CN(CC(=O)Nc1cc(Cl)ccc1Cl)CC(=O)Nc1c(Cl)cccc1Cl. The lowest BCUT2D eigenvalue weighted by Crippen LogP contribution is -2.36. The monoisotopic (exact) mass is 433 g/mol. The summed E-state index contributed by atoms with van der Waals surface area (Å²) in [5.41, 5.74) is 0.745. The number of amides is 2. The number of halogens is 4. The number of anilines is 2. The Balaban J connectivity index is 1.89. The molecule has 26 heavy (non-hydrogen) atoms. The fourth-order valence-corrected chi connectivity index (χ4v) is 2.95. The Morgan fingerprint density at radius 1 is 0.885 bits per heavy atom. The second-order valence-corrected chi connectivity index (χ2v) is 7.15. The molecule has 0 saturated carbocycles. The molecule has 2 aromatic carbocycles. The van der Waals surface area contributed by atoms with Crippen LogP contribution in [0.4, 0.5) is 11.4 Å². The van der Waals surface area contributed by atoms with E-state index in [4.69, 9.17) is 46.4 Å². The van der Waals surface area contributed by atoms with Gasteiger partial charge in [-0.15, -0.1) is 0 Å². The third-order valence-corrected chi connectivity index (χ3v) is 4.45. The average Bonchev–Trinajstić information content (AvgIpc) is 2.54. The molecule has 9 heteroatoms. The van der Waals surface area contributed by atoms with Gasteiger partial charge in [0.15, 0.2) is 0 Å². The van der Waals surface area contributed by atoms with Crippen molar-refractivity contribution >= 4 is 69.6 Å². The lowest BCUT2D eigenvalue weighted by molar-refractivity contribution is -0.119. The number of hydrogen-bond donors (Lipinski definition) is 2. The molecule has 0 spiro atoms. The van der Waals surface area contributed by atoms with Crippen LogP contribution < -0.4 is 10.6 Å². The van der Waals surface area contributed by atoms with Crippen LogP contribution in [-0.4, -0.2) is 36.9 Å². The lowest BCUT2D eigenvalue weighted by Gasteiger charge is -2.17. The predicted molar refractivity (Wildman–Crippen MR) is 108 cm³/mol. The van der Waals surface area contributed by atoms with Crippen molar-refractivity contribution in [2.75, 3.05) is 30.8 Å². The zero-order valence-corrected chi connectivity index (χ0v) is 16.7. The molecule has 138 valence electrons. The highest BCUT2D eigenvalue weighted by atomic mass is 35.5. The highest BCUT2D eigenvalue weighted by Gasteiger charge is 2.14. The minimum absolute atomic E-state index is 0.0213. The van der Waals surface area contributed by atoms with Gasteiger partial charge in [-0.25, -0.2) is 0 Å². The van der Waals surface area contributed by atoms with Crippen molar-refractivity contribution < 1.29 is 9.59 Å². The first-order valence-corrected chi connectivity index (χ1v) is 8.94. The van der Waals surface area contributed by atoms with Gasteiger partial charge >= 0.3 is 0 Å². The van der Waals surface area contributed by atoms with Crippen molar-refractivity contribution in [1.29, 1.82) is 0 Å². The fraction of sp³-hybridized carbons (Fsp3) is 0.176. The summed E-state index contributed by atoms with van der Waals surface area (Å²) in [6.07, 6.45) is 0. The quantitative estimate of drug-likeness (QED) is 0.685. The number of hydrogen-bond acceptors (Lipinski definition) is 3. The number of benzene rings is 2. The number of likely N-dealkylation sites (N-methyl/N-ethyl adjacent to an activating group) is 1. The molecule has 0 bridgehead atoms. The van der Waals surface area contributed by atoms with Gasteiger partial charge < -0.3 is 10.6 Å². The molecule has 0 unspecified atom stereocenters. The van der Waals surface area contributed by atoms with Gasteiger partial charge in [0.1, 0.15) is 0 Å². The van der Waals surface area contributed by atoms with Crippen LogP contribution in [0.1, 0.15) is 0 Å². The minimum atomic E-state index is -0.351. The second-order valence-electron chi connectivity index (χ2n) is 5.49. The summed E-state index contributed by atoms with van der Waals surface area (Å²) < 4.78 is 0. The Bertz CT molecular complexity index is 809. The van der Waals surface area contributed by atoms with E-state index in [0.717, 1.165) is 0 Å². The van der Waals surface area contributed by atoms with E-state index in [2.05, 4.69) is 10.6 Å². The van der Waals surface area contributed by atoms with E-state index in [-0.39, 0.29) is 24.9 Å². The summed E-state index contributed by atoms with van der Waals surface area (Å²) in [4.78, 5) is 25.8. The molecule has 2 aromatic rings. The highest BCUT2D eigenvalue weighted by molar-refractivity contribution is 6.39. The molecule has 2 amide bonds. The molecule has 2 rings (SSSR count). The van der Waals surface area contributed by atoms with Crippen molar-refractivity contribution in [2.45, 2.75) is 0 Å². The molecule has 0 aliphatic heterocycles. The number of rotatable bonds is 6. The summed E-state index contributed by atoms with van der Waals surface area (Å²) >= 11 is 23.9. The molecule has 0 aliphatic rings. The Morgan fingerprint density at radius 3 is 2.08 bits per heavy atom. The van der Waals surface area contributed by atoms with Gasteiger partial charge in [-0.2, -0.15) is 0 Å². The van der Waals surface area contributed by atoms with Crippen LogP contribution in [0.3, 0.4) is 0 Å². The summed E-state index contributed by atoms with van der Waals surface area (Å²) in [5, 5.41) is 6.78. The van der Waals surface area contributed by atoms with Gasteiger partial charge in [-0.1, -0.05) is 52.5 Å². The van der Waals surface area contributed by atoms with Crippen LogP contribution >= 0.6 is 46.4 Å². The predicted octanol–water partition coefficient (Wildman–Crippen LogP) is 4.81. The number of carbonyl (C=O) groups excluding carboxylic acids is 2. The van der Waals surface area contributed by atoms with Crippen LogP contribution in [0, 0.1) is 0 Å².